The third kappa shape index (κ3) is 3.90. The Hall–Kier alpha value is -2.89. The Morgan fingerprint density at radius 3 is 2.46 bits per heavy atom. The summed E-state index contributed by atoms with van der Waals surface area (Å²) in [5.74, 6) is 0.711. The van der Waals surface area contributed by atoms with Crippen LogP contribution in [-0.2, 0) is 0 Å². The molecule has 24 heavy (non-hydrogen) atoms. The zero-order chi connectivity index (χ0) is 17.7. The number of benzene rings is 1. The fourth-order valence-corrected chi connectivity index (χ4v) is 2.22. The van der Waals surface area contributed by atoms with Crippen molar-refractivity contribution in [1.82, 2.24) is 9.97 Å². The van der Waals surface area contributed by atoms with Crippen molar-refractivity contribution in [2.75, 3.05) is 14.2 Å². The van der Waals surface area contributed by atoms with Crippen LogP contribution in [-0.4, -0.2) is 35.3 Å². The first-order valence-corrected chi connectivity index (χ1v) is 7.46. The van der Waals surface area contributed by atoms with Gasteiger partial charge in [0.15, 0.2) is 17.3 Å². The van der Waals surface area contributed by atoms with E-state index in [-0.39, 0.29) is 11.5 Å². The van der Waals surface area contributed by atoms with Crippen LogP contribution < -0.4 is 9.47 Å². The molecule has 6 heteroatoms. The van der Waals surface area contributed by atoms with Gasteiger partial charge in [-0.2, -0.15) is 0 Å². The van der Waals surface area contributed by atoms with E-state index < -0.39 is 5.97 Å². The molecule has 0 bridgehead atoms. The van der Waals surface area contributed by atoms with E-state index in [1.54, 1.807) is 20.3 Å². The predicted molar refractivity (Wildman–Crippen MR) is 91.6 cm³/mol. The average molecular weight is 328 g/mol. The van der Waals surface area contributed by atoms with Gasteiger partial charge in [-0.25, -0.2) is 14.8 Å². The minimum Gasteiger partial charge on any atom is -0.493 e. The van der Waals surface area contributed by atoms with Gasteiger partial charge in [0.2, 0.25) is 0 Å². The molecular formula is C18H20N2O4. The molecule has 1 N–H and O–H groups in total. The summed E-state index contributed by atoms with van der Waals surface area (Å²) in [6.45, 7) is 3.80. The van der Waals surface area contributed by atoms with Gasteiger partial charge in [0.25, 0.3) is 0 Å². The number of ether oxygens (including phenoxy) is 2. The second-order valence-electron chi connectivity index (χ2n) is 5.43. The molecule has 0 amide bonds. The number of carboxylic acid groups (broad SMARTS) is 1. The molecule has 2 rings (SSSR count). The van der Waals surface area contributed by atoms with Crippen molar-refractivity contribution in [3.8, 4) is 11.5 Å². The maximum absolute atomic E-state index is 11.2. The molecule has 1 aromatic heterocycles. The van der Waals surface area contributed by atoms with Crippen molar-refractivity contribution < 1.29 is 19.4 Å². The van der Waals surface area contributed by atoms with Gasteiger partial charge in [0, 0.05) is 6.20 Å². The largest absolute Gasteiger partial charge is 0.493 e. The molecule has 0 aliphatic rings. The van der Waals surface area contributed by atoms with Gasteiger partial charge in [-0.1, -0.05) is 26.0 Å². The van der Waals surface area contributed by atoms with E-state index in [1.165, 1.54) is 6.20 Å². The number of methoxy groups -OCH3 is 2. The topological polar surface area (TPSA) is 81.5 Å². The van der Waals surface area contributed by atoms with Crippen LogP contribution in [0.3, 0.4) is 0 Å². The molecule has 6 nitrogen and oxygen atoms in total. The lowest BCUT2D eigenvalue weighted by atomic mass is 10.1. The molecule has 0 aliphatic heterocycles. The fourth-order valence-electron chi connectivity index (χ4n) is 2.22. The molecule has 1 heterocycles. The van der Waals surface area contributed by atoms with Crippen molar-refractivity contribution in [1.29, 1.82) is 0 Å². The van der Waals surface area contributed by atoms with E-state index in [1.807, 2.05) is 38.1 Å². The van der Waals surface area contributed by atoms with Gasteiger partial charge < -0.3 is 14.6 Å². The van der Waals surface area contributed by atoms with Crippen LogP contribution in [0.1, 0.15) is 47.2 Å². The van der Waals surface area contributed by atoms with E-state index >= 15 is 0 Å². The molecule has 2 aromatic rings. The second kappa shape index (κ2) is 7.59. The van der Waals surface area contributed by atoms with Crippen LogP contribution in [0.2, 0.25) is 0 Å². The number of nitrogens with zero attached hydrogens (tertiary/aromatic N) is 2. The van der Waals surface area contributed by atoms with E-state index in [2.05, 4.69) is 9.97 Å². The zero-order valence-electron chi connectivity index (χ0n) is 14.1. The first-order valence-electron chi connectivity index (χ1n) is 7.46. The van der Waals surface area contributed by atoms with Gasteiger partial charge in [0.05, 0.1) is 25.5 Å². The molecular weight excluding hydrogens is 308 g/mol. The lowest BCUT2D eigenvalue weighted by Gasteiger charge is -2.09. The molecule has 0 radical (unpaired) electrons. The standard InChI is InChI=1S/C18H20N2O4/c1-11(2)17-13(18(21)22)10-19-16(20-17)8-6-12-5-7-14(23-3)15(9-12)24-4/h5-11H,1-4H3,(H,21,22). The first-order chi connectivity index (χ1) is 11.5. The van der Waals surface area contributed by atoms with Gasteiger partial charge in [-0.3, -0.25) is 0 Å². The number of carboxylic acids is 1. The molecule has 0 spiro atoms. The van der Waals surface area contributed by atoms with E-state index in [0.29, 0.717) is 23.0 Å². The molecule has 0 unspecified atom stereocenters. The summed E-state index contributed by atoms with van der Waals surface area (Å²) in [7, 11) is 3.16. The Labute approximate surface area is 140 Å². The Morgan fingerprint density at radius 2 is 1.88 bits per heavy atom. The lowest BCUT2D eigenvalue weighted by molar-refractivity contribution is 0.0694. The molecule has 1 aromatic carbocycles. The summed E-state index contributed by atoms with van der Waals surface area (Å²) < 4.78 is 10.5. The van der Waals surface area contributed by atoms with Crippen LogP contribution >= 0.6 is 0 Å². The molecule has 0 saturated heterocycles. The molecule has 0 aliphatic carbocycles. The third-order valence-electron chi connectivity index (χ3n) is 3.45. The maximum atomic E-state index is 11.2. The quantitative estimate of drug-likeness (QED) is 0.874. The Morgan fingerprint density at radius 1 is 1.17 bits per heavy atom. The maximum Gasteiger partial charge on any atom is 0.339 e. The highest BCUT2D eigenvalue weighted by molar-refractivity contribution is 5.88. The normalized spacial score (nSPS) is 11.0. The molecule has 0 saturated carbocycles. The predicted octanol–water partition coefficient (Wildman–Crippen LogP) is 3.49. The number of rotatable bonds is 6. The first kappa shape index (κ1) is 17.5. The summed E-state index contributed by atoms with van der Waals surface area (Å²) in [6, 6.07) is 5.53. The van der Waals surface area contributed by atoms with Gasteiger partial charge in [-0.05, 0) is 29.7 Å². The van der Waals surface area contributed by atoms with Crippen molar-refractivity contribution in [2.24, 2.45) is 0 Å². The van der Waals surface area contributed by atoms with Gasteiger partial charge >= 0.3 is 5.97 Å². The highest BCUT2D eigenvalue weighted by Crippen LogP contribution is 2.28. The highest BCUT2D eigenvalue weighted by Gasteiger charge is 2.15. The SMILES string of the molecule is COc1ccc(C=Cc2ncc(C(=O)O)c(C(C)C)n2)cc1OC. The number of hydrogen-bond acceptors (Lipinski definition) is 5. The summed E-state index contributed by atoms with van der Waals surface area (Å²) in [5.41, 5.74) is 1.54. The van der Waals surface area contributed by atoms with Crippen LogP contribution in [0.15, 0.2) is 24.4 Å². The van der Waals surface area contributed by atoms with Crippen molar-refractivity contribution in [2.45, 2.75) is 19.8 Å². The summed E-state index contributed by atoms with van der Waals surface area (Å²) in [5, 5.41) is 9.20. The fraction of sp³-hybridized carbons (Fsp3) is 0.278. The third-order valence-corrected chi connectivity index (χ3v) is 3.45. The van der Waals surface area contributed by atoms with Crippen molar-refractivity contribution in [3.63, 3.8) is 0 Å². The highest BCUT2D eigenvalue weighted by atomic mass is 16.5. The molecule has 0 atom stereocenters. The zero-order valence-corrected chi connectivity index (χ0v) is 14.1. The van der Waals surface area contributed by atoms with Crippen LogP contribution in [0.4, 0.5) is 0 Å². The summed E-state index contributed by atoms with van der Waals surface area (Å²) >= 11 is 0. The van der Waals surface area contributed by atoms with E-state index in [4.69, 9.17) is 9.47 Å². The van der Waals surface area contributed by atoms with Crippen LogP contribution in [0, 0.1) is 0 Å². The minimum absolute atomic E-state index is 0.00710. The Balaban J connectivity index is 2.32. The van der Waals surface area contributed by atoms with Crippen LogP contribution in [0.5, 0.6) is 11.5 Å². The molecule has 0 fully saturated rings. The van der Waals surface area contributed by atoms with Gasteiger partial charge in [0.1, 0.15) is 0 Å². The summed E-state index contributed by atoms with van der Waals surface area (Å²) in [6.07, 6.45) is 4.92. The second-order valence-corrected chi connectivity index (χ2v) is 5.43. The smallest absolute Gasteiger partial charge is 0.339 e. The van der Waals surface area contributed by atoms with Crippen molar-refractivity contribution in [3.05, 3.63) is 47.0 Å². The van der Waals surface area contributed by atoms with E-state index in [0.717, 1.165) is 5.56 Å². The lowest BCUT2D eigenvalue weighted by Crippen LogP contribution is -2.08. The number of carbonyl (C=O) groups is 1. The molecule has 126 valence electrons. The Bertz CT molecular complexity index is 770. The number of aromatic nitrogens is 2. The monoisotopic (exact) mass is 328 g/mol. The van der Waals surface area contributed by atoms with Crippen molar-refractivity contribution >= 4 is 18.1 Å². The minimum atomic E-state index is -1.02. The summed E-state index contributed by atoms with van der Waals surface area (Å²) in [4.78, 5) is 19.7. The van der Waals surface area contributed by atoms with E-state index in [9.17, 15) is 9.90 Å². The average Bonchev–Trinajstić information content (AvgIpc) is 2.59. The van der Waals surface area contributed by atoms with Gasteiger partial charge in [-0.15, -0.1) is 0 Å². The number of hydrogen-bond donors (Lipinski definition) is 1. The van der Waals surface area contributed by atoms with Crippen LogP contribution in [0.25, 0.3) is 12.2 Å². The number of aromatic carboxylic acids is 1. The Kier molecular flexibility index (Phi) is 5.52.